The molecule has 1 atom stereocenters. The van der Waals surface area contributed by atoms with Crippen molar-refractivity contribution in [1.82, 2.24) is 15.1 Å². The van der Waals surface area contributed by atoms with Crippen LogP contribution in [0.5, 0.6) is 0 Å². The summed E-state index contributed by atoms with van der Waals surface area (Å²) in [5, 5.41) is 9.37. The largest absolute Gasteiger partial charge is 0.365 e. The van der Waals surface area contributed by atoms with Gasteiger partial charge in [-0.05, 0) is 18.4 Å². The Morgan fingerprint density at radius 1 is 1.59 bits per heavy atom. The molecule has 1 aromatic heterocycles. The molecule has 0 fully saturated rings. The van der Waals surface area contributed by atoms with E-state index >= 15 is 0 Å². The number of nitrogens with one attached hydrogen (secondary N) is 1. The minimum absolute atomic E-state index is 0.695. The van der Waals surface area contributed by atoms with Gasteiger partial charge < -0.3 is 5.32 Å². The van der Waals surface area contributed by atoms with Crippen molar-refractivity contribution in [3.05, 3.63) is 18.0 Å². The molecule has 0 aliphatic carbocycles. The molecule has 0 radical (unpaired) electrons. The first-order valence-corrected chi connectivity index (χ1v) is 7.08. The van der Waals surface area contributed by atoms with Gasteiger partial charge in [-0.2, -0.15) is 5.10 Å². The molecule has 4 nitrogen and oxygen atoms in total. The second-order valence-corrected chi connectivity index (χ2v) is 5.66. The van der Waals surface area contributed by atoms with Gasteiger partial charge >= 0.3 is 0 Å². The van der Waals surface area contributed by atoms with E-state index in [1.807, 2.05) is 29.7 Å². The highest BCUT2D eigenvalue weighted by Crippen LogP contribution is 2.23. The summed E-state index contributed by atoms with van der Waals surface area (Å²) in [5.74, 6) is 0. The molecule has 1 unspecified atom stereocenters. The van der Waals surface area contributed by atoms with Crippen LogP contribution >= 0.6 is 11.8 Å². The predicted molar refractivity (Wildman–Crippen MR) is 73.5 cm³/mol. The SMILES string of the molecule is CCCC1CN=C(NCCc2cnn(C)c2)S1. The molecule has 2 rings (SSSR count). The van der Waals surface area contributed by atoms with E-state index < -0.39 is 0 Å². The van der Waals surface area contributed by atoms with Crippen LogP contribution in [-0.4, -0.2) is 33.3 Å². The molecule has 0 amide bonds. The molecule has 1 N–H and O–H groups in total. The van der Waals surface area contributed by atoms with Crippen LogP contribution in [0.4, 0.5) is 0 Å². The van der Waals surface area contributed by atoms with Gasteiger partial charge in [-0.15, -0.1) is 0 Å². The van der Waals surface area contributed by atoms with Crippen LogP contribution in [0.1, 0.15) is 25.3 Å². The number of aromatic nitrogens is 2. The quantitative estimate of drug-likeness (QED) is 0.869. The Morgan fingerprint density at radius 2 is 2.47 bits per heavy atom. The Bertz CT molecular complexity index is 386. The molecule has 5 heteroatoms. The van der Waals surface area contributed by atoms with Crippen LogP contribution in [0.2, 0.25) is 0 Å². The van der Waals surface area contributed by atoms with E-state index in [1.165, 1.54) is 18.4 Å². The standard InChI is InChI=1S/C12H20N4S/c1-3-4-11-8-14-12(17-11)13-6-5-10-7-15-16(2)9-10/h7,9,11H,3-6,8H2,1-2H3,(H,13,14). The van der Waals surface area contributed by atoms with Crippen LogP contribution in [0.3, 0.4) is 0 Å². The second-order valence-electron chi connectivity index (χ2n) is 4.37. The van der Waals surface area contributed by atoms with Crippen molar-refractivity contribution >= 4 is 16.9 Å². The summed E-state index contributed by atoms with van der Waals surface area (Å²) in [4.78, 5) is 4.52. The summed E-state index contributed by atoms with van der Waals surface area (Å²) in [5.41, 5.74) is 1.27. The number of thioether (sulfide) groups is 1. The van der Waals surface area contributed by atoms with Gasteiger partial charge in [0.15, 0.2) is 5.17 Å². The topological polar surface area (TPSA) is 42.2 Å². The van der Waals surface area contributed by atoms with Crippen LogP contribution in [0.15, 0.2) is 17.4 Å². The third kappa shape index (κ3) is 3.77. The summed E-state index contributed by atoms with van der Waals surface area (Å²) in [7, 11) is 1.95. The normalized spacial score (nSPS) is 19.4. The zero-order chi connectivity index (χ0) is 12.1. The fourth-order valence-corrected chi connectivity index (χ4v) is 3.05. The van der Waals surface area contributed by atoms with Gasteiger partial charge in [-0.1, -0.05) is 25.1 Å². The van der Waals surface area contributed by atoms with Crippen molar-refractivity contribution in [2.75, 3.05) is 13.1 Å². The first kappa shape index (κ1) is 12.5. The van der Waals surface area contributed by atoms with E-state index in [1.54, 1.807) is 0 Å². The lowest BCUT2D eigenvalue weighted by molar-refractivity contribution is 0.753. The number of hydrogen-bond acceptors (Lipinski definition) is 4. The van der Waals surface area contributed by atoms with E-state index in [9.17, 15) is 0 Å². The number of hydrogen-bond donors (Lipinski definition) is 1. The molecule has 1 aliphatic rings. The third-order valence-corrected chi connectivity index (χ3v) is 3.99. The predicted octanol–water partition coefficient (Wildman–Crippen LogP) is 1.82. The second kappa shape index (κ2) is 6.10. The summed E-state index contributed by atoms with van der Waals surface area (Å²) in [6.07, 6.45) is 7.50. The molecule has 0 saturated carbocycles. The fourth-order valence-electron chi connectivity index (χ4n) is 1.90. The molecule has 1 aromatic rings. The van der Waals surface area contributed by atoms with Gasteiger partial charge in [0, 0.05) is 25.0 Å². The van der Waals surface area contributed by atoms with Crippen LogP contribution < -0.4 is 5.32 Å². The lowest BCUT2D eigenvalue weighted by Gasteiger charge is -2.07. The molecule has 1 aliphatic heterocycles. The first-order valence-electron chi connectivity index (χ1n) is 6.20. The summed E-state index contributed by atoms with van der Waals surface area (Å²) < 4.78 is 1.84. The van der Waals surface area contributed by atoms with Crippen molar-refractivity contribution in [2.24, 2.45) is 12.0 Å². The number of aryl methyl sites for hydroxylation is 1. The molecule has 94 valence electrons. The highest BCUT2D eigenvalue weighted by molar-refractivity contribution is 8.14. The molecule has 0 spiro atoms. The molecule has 2 heterocycles. The van der Waals surface area contributed by atoms with Crippen LogP contribution in [-0.2, 0) is 13.5 Å². The Hall–Kier alpha value is -0.970. The molecule has 0 aromatic carbocycles. The van der Waals surface area contributed by atoms with Crippen LogP contribution in [0, 0.1) is 0 Å². The zero-order valence-electron chi connectivity index (χ0n) is 10.5. The Kier molecular flexibility index (Phi) is 4.48. The van der Waals surface area contributed by atoms with E-state index in [4.69, 9.17) is 0 Å². The Morgan fingerprint density at radius 3 is 3.18 bits per heavy atom. The van der Waals surface area contributed by atoms with Crippen molar-refractivity contribution < 1.29 is 0 Å². The zero-order valence-corrected chi connectivity index (χ0v) is 11.3. The Labute approximate surface area is 107 Å². The van der Waals surface area contributed by atoms with E-state index in [0.29, 0.717) is 5.25 Å². The molecule has 0 saturated heterocycles. The maximum Gasteiger partial charge on any atom is 0.156 e. The van der Waals surface area contributed by atoms with Gasteiger partial charge in [0.1, 0.15) is 0 Å². The summed E-state index contributed by atoms with van der Waals surface area (Å²) in [6, 6.07) is 0. The molecular formula is C12H20N4S. The van der Waals surface area contributed by atoms with E-state index in [-0.39, 0.29) is 0 Å². The first-order chi connectivity index (χ1) is 8.28. The van der Waals surface area contributed by atoms with E-state index in [2.05, 4.69) is 28.5 Å². The number of nitrogens with zero attached hydrogens (tertiary/aromatic N) is 3. The average molecular weight is 252 g/mol. The van der Waals surface area contributed by atoms with Gasteiger partial charge in [-0.25, -0.2) is 0 Å². The Balaban J connectivity index is 1.66. The third-order valence-electron chi connectivity index (χ3n) is 2.78. The summed E-state index contributed by atoms with van der Waals surface area (Å²) in [6.45, 7) is 4.15. The van der Waals surface area contributed by atoms with Crippen molar-refractivity contribution in [2.45, 2.75) is 31.4 Å². The summed E-state index contributed by atoms with van der Waals surface area (Å²) >= 11 is 1.89. The van der Waals surface area contributed by atoms with Crippen molar-refractivity contribution in [3.8, 4) is 0 Å². The molecule has 0 bridgehead atoms. The lowest BCUT2D eigenvalue weighted by Crippen LogP contribution is -2.22. The highest BCUT2D eigenvalue weighted by Gasteiger charge is 2.17. The maximum atomic E-state index is 4.52. The van der Waals surface area contributed by atoms with Gasteiger partial charge in [-0.3, -0.25) is 9.67 Å². The van der Waals surface area contributed by atoms with Gasteiger partial charge in [0.05, 0.1) is 12.7 Å². The molecule has 17 heavy (non-hydrogen) atoms. The van der Waals surface area contributed by atoms with Gasteiger partial charge in [0.25, 0.3) is 0 Å². The average Bonchev–Trinajstić information content (AvgIpc) is 2.89. The fraction of sp³-hybridized carbons (Fsp3) is 0.667. The van der Waals surface area contributed by atoms with E-state index in [0.717, 1.165) is 24.7 Å². The minimum atomic E-state index is 0.695. The number of rotatable bonds is 5. The smallest absolute Gasteiger partial charge is 0.156 e. The van der Waals surface area contributed by atoms with Gasteiger partial charge in [0.2, 0.25) is 0 Å². The van der Waals surface area contributed by atoms with Crippen LogP contribution in [0.25, 0.3) is 0 Å². The number of aliphatic imine (C=N–C) groups is 1. The molecular weight excluding hydrogens is 232 g/mol. The lowest BCUT2D eigenvalue weighted by atomic mass is 10.2. The maximum absolute atomic E-state index is 4.52. The van der Waals surface area contributed by atoms with Crippen molar-refractivity contribution in [1.29, 1.82) is 0 Å². The number of amidine groups is 1. The minimum Gasteiger partial charge on any atom is -0.365 e. The highest BCUT2D eigenvalue weighted by atomic mass is 32.2. The monoisotopic (exact) mass is 252 g/mol. The van der Waals surface area contributed by atoms with Crippen molar-refractivity contribution in [3.63, 3.8) is 0 Å².